The number of hydrogen-bond donors (Lipinski definition) is 1. The maximum absolute atomic E-state index is 11.9. The Morgan fingerprint density at radius 3 is 2.56 bits per heavy atom. The Morgan fingerprint density at radius 2 is 2.00 bits per heavy atom. The molecule has 2 aromatic rings. The first-order chi connectivity index (χ1) is 8.54. The number of thiophene rings is 1. The number of amides is 1. The molecule has 0 saturated carbocycles. The molecule has 0 radical (unpaired) electrons. The van der Waals surface area contributed by atoms with E-state index in [1.54, 1.807) is 11.3 Å². The van der Waals surface area contributed by atoms with Crippen molar-refractivity contribution in [1.29, 1.82) is 0 Å². The van der Waals surface area contributed by atoms with Gasteiger partial charge in [-0.3, -0.25) is 4.79 Å². The summed E-state index contributed by atoms with van der Waals surface area (Å²) in [6.45, 7) is 0.465. The Kier molecular flexibility index (Phi) is 4.61. The number of halogens is 3. The number of carbonyl (C=O) groups is 1. The van der Waals surface area contributed by atoms with E-state index in [1.807, 2.05) is 11.4 Å². The number of rotatable bonds is 3. The summed E-state index contributed by atoms with van der Waals surface area (Å²) in [5.74, 6) is -0.231. The third-order valence-electron chi connectivity index (χ3n) is 2.07. The normalized spacial score (nSPS) is 10.4. The molecule has 0 spiro atoms. The molecule has 2 aromatic heterocycles. The lowest BCUT2D eigenvalue weighted by molar-refractivity contribution is 0.0951. The smallest absolute Gasteiger partial charge is 0.251 e. The number of hydrogen-bond acceptors (Lipinski definition) is 3. The fraction of sp³-hybridized carbons (Fsp3) is 0.0909. The average Bonchev–Trinajstić information content (AvgIpc) is 2.70. The molecule has 3 nitrogen and oxygen atoms in total. The minimum absolute atomic E-state index is 0.200. The molecule has 0 saturated heterocycles. The molecule has 2 rings (SSSR count). The van der Waals surface area contributed by atoms with E-state index in [2.05, 4.69) is 26.2 Å². The van der Waals surface area contributed by atoms with E-state index in [0.29, 0.717) is 12.1 Å². The predicted octanol–water partition coefficient (Wildman–Crippen LogP) is 4.14. The van der Waals surface area contributed by atoms with Crippen molar-refractivity contribution in [3.8, 4) is 0 Å². The quantitative estimate of drug-likeness (QED) is 0.830. The molecular weight excluding hydrogens is 359 g/mol. The summed E-state index contributed by atoms with van der Waals surface area (Å²) in [5, 5.41) is 5.15. The van der Waals surface area contributed by atoms with E-state index in [0.717, 1.165) is 9.35 Å². The molecule has 0 unspecified atom stereocenters. The highest BCUT2D eigenvalue weighted by atomic mass is 79.9. The Labute approximate surface area is 126 Å². The number of aromatic nitrogens is 1. The summed E-state index contributed by atoms with van der Waals surface area (Å²) in [7, 11) is 0. The first-order valence-electron chi connectivity index (χ1n) is 4.89. The van der Waals surface area contributed by atoms with Gasteiger partial charge in [-0.25, -0.2) is 4.98 Å². The van der Waals surface area contributed by atoms with Gasteiger partial charge in [0.2, 0.25) is 0 Å². The minimum atomic E-state index is -0.231. The molecule has 94 valence electrons. The second kappa shape index (κ2) is 6.02. The monoisotopic (exact) mass is 364 g/mol. The molecule has 0 bridgehead atoms. The fourth-order valence-electron chi connectivity index (χ4n) is 1.31. The van der Waals surface area contributed by atoms with E-state index < -0.39 is 0 Å². The highest BCUT2D eigenvalue weighted by Crippen LogP contribution is 2.20. The fourth-order valence-corrected chi connectivity index (χ4v) is 3.16. The van der Waals surface area contributed by atoms with E-state index in [-0.39, 0.29) is 16.2 Å². The standard InChI is InChI=1S/C11H7BrCl2N2OS/c12-7-3-8(18-5-7)4-15-11(17)6-1-9(13)16-10(14)2-6/h1-3,5H,4H2,(H,15,17). The zero-order chi connectivity index (χ0) is 13.1. The van der Waals surface area contributed by atoms with Crippen LogP contribution in [0.3, 0.4) is 0 Å². The van der Waals surface area contributed by atoms with Crippen LogP contribution < -0.4 is 5.32 Å². The first kappa shape index (κ1) is 13.8. The van der Waals surface area contributed by atoms with E-state index in [4.69, 9.17) is 23.2 Å². The number of nitrogens with zero attached hydrogens (tertiary/aromatic N) is 1. The van der Waals surface area contributed by atoms with Gasteiger partial charge in [0.05, 0.1) is 6.54 Å². The van der Waals surface area contributed by atoms with Gasteiger partial charge in [-0.05, 0) is 34.1 Å². The van der Waals surface area contributed by atoms with Crippen molar-refractivity contribution in [3.63, 3.8) is 0 Å². The van der Waals surface area contributed by atoms with Gasteiger partial charge < -0.3 is 5.32 Å². The molecule has 2 heterocycles. The van der Waals surface area contributed by atoms with Crippen LogP contribution in [0.1, 0.15) is 15.2 Å². The van der Waals surface area contributed by atoms with Crippen LogP contribution in [0.2, 0.25) is 10.3 Å². The highest BCUT2D eigenvalue weighted by molar-refractivity contribution is 9.10. The lowest BCUT2D eigenvalue weighted by atomic mass is 10.2. The zero-order valence-corrected chi connectivity index (χ0v) is 12.8. The van der Waals surface area contributed by atoms with Gasteiger partial charge in [0.1, 0.15) is 10.3 Å². The van der Waals surface area contributed by atoms with Crippen molar-refractivity contribution in [1.82, 2.24) is 10.3 Å². The summed E-state index contributed by atoms with van der Waals surface area (Å²) in [4.78, 5) is 16.7. The number of nitrogens with one attached hydrogen (secondary N) is 1. The SMILES string of the molecule is O=C(NCc1cc(Br)cs1)c1cc(Cl)nc(Cl)c1. The molecular formula is C11H7BrCl2N2OS. The Morgan fingerprint density at radius 1 is 1.33 bits per heavy atom. The zero-order valence-electron chi connectivity index (χ0n) is 8.91. The van der Waals surface area contributed by atoms with Crippen molar-refractivity contribution < 1.29 is 4.79 Å². The van der Waals surface area contributed by atoms with Crippen LogP contribution in [-0.2, 0) is 6.54 Å². The maximum Gasteiger partial charge on any atom is 0.251 e. The van der Waals surface area contributed by atoms with Crippen molar-refractivity contribution in [2.24, 2.45) is 0 Å². The summed E-state index contributed by atoms with van der Waals surface area (Å²) in [6.07, 6.45) is 0. The van der Waals surface area contributed by atoms with E-state index in [9.17, 15) is 4.79 Å². The van der Waals surface area contributed by atoms with Gasteiger partial charge in [0.15, 0.2) is 0 Å². The van der Waals surface area contributed by atoms with E-state index in [1.165, 1.54) is 12.1 Å². The van der Waals surface area contributed by atoms with Gasteiger partial charge in [-0.2, -0.15) is 0 Å². The molecule has 0 fully saturated rings. The predicted molar refractivity (Wildman–Crippen MR) is 77.4 cm³/mol. The van der Waals surface area contributed by atoms with Crippen LogP contribution in [0.5, 0.6) is 0 Å². The summed E-state index contributed by atoms with van der Waals surface area (Å²) in [5.41, 5.74) is 0.399. The molecule has 0 aliphatic carbocycles. The molecule has 0 aromatic carbocycles. The van der Waals surface area contributed by atoms with Crippen LogP contribution in [0.25, 0.3) is 0 Å². The summed E-state index contributed by atoms with van der Waals surface area (Å²) in [6, 6.07) is 4.91. The maximum atomic E-state index is 11.9. The van der Waals surface area contributed by atoms with Crippen LogP contribution >= 0.6 is 50.5 Å². The van der Waals surface area contributed by atoms with Crippen molar-refractivity contribution in [3.05, 3.63) is 48.8 Å². The Hall–Kier alpha value is -0.620. The first-order valence-corrected chi connectivity index (χ1v) is 7.31. The molecule has 0 aliphatic heterocycles. The highest BCUT2D eigenvalue weighted by Gasteiger charge is 2.09. The molecule has 1 amide bonds. The number of carbonyl (C=O) groups excluding carboxylic acids is 1. The lowest BCUT2D eigenvalue weighted by Crippen LogP contribution is -2.22. The molecule has 0 aliphatic rings. The van der Waals surface area contributed by atoms with Crippen LogP contribution in [0.4, 0.5) is 0 Å². The lowest BCUT2D eigenvalue weighted by Gasteiger charge is -2.04. The van der Waals surface area contributed by atoms with Crippen LogP contribution in [0.15, 0.2) is 28.1 Å². The van der Waals surface area contributed by atoms with Crippen molar-refractivity contribution in [2.45, 2.75) is 6.54 Å². The van der Waals surface area contributed by atoms with Crippen molar-refractivity contribution in [2.75, 3.05) is 0 Å². The van der Waals surface area contributed by atoms with Gasteiger partial charge in [0.25, 0.3) is 5.91 Å². The summed E-state index contributed by atoms with van der Waals surface area (Å²) < 4.78 is 1.01. The third-order valence-corrected chi connectivity index (χ3v) is 4.15. The largest absolute Gasteiger partial charge is 0.347 e. The molecule has 7 heteroatoms. The molecule has 1 N–H and O–H groups in total. The average molecular weight is 366 g/mol. The van der Waals surface area contributed by atoms with Gasteiger partial charge in [-0.15, -0.1) is 11.3 Å². The van der Waals surface area contributed by atoms with Crippen molar-refractivity contribution >= 4 is 56.4 Å². The second-order valence-corrected chi connectivity index (χ2v) is 6.10. The Bertz CT molecular complexity index is 568. The molecule has 0 atom stereocenters. The van der Waals surface area contributed by atoms with Gasteiger partial charge >= 0.3 is 0 Å². The van der Waals surface area contributed by atoms with Crippen LogP contribution in [-0.4, -0.2) is 10.9 Å². The minimum Gasteiger partial charge on any atom is -0.347 e. The summed E-state index contributed by atoms with van der Waals surface area (Å²) >= 11 is 16.4. The van der Waals surface area contributed by atoms with Gasteiger partial charge in [0, 0.05) is 20.3 Å². The topological polar surface area (TPSA) is 42.0 Å². The third kappa shape index (κ3) is 3.68. The van der Waals surface area contributed by atoms with E-state index >= 15 is 0 Å². The van der Waals surface area contributed by atoms with Gasteiger partial charge in [-0.1, -0.05) is 23.2 Å². The second-order valence-electron chi connectivity index (χ2n) is 3.42. The Balaban J connectivity index is 2.03. The van der Waals surface area contributed by atoms with Crippen LogP contribution in [0, 0.1) is 0 Å². The number of pyridine rings is 1. The molecule has 18 heavy (non-hydrogen) atoms.